The SMILES string of the molecule is Cc1c(C=Nn2c(C(C)(C)C)nc3ccc(Br)cc3c2=O)c2ccccc2n1Cc1cccc([N+](=O)[O-])c1. The lowest BCUT2D eigenvalue weighted by atomic mass is 9.95. The number of benzene rings is 3. The maximum absolute atomic E-state index is 13.6. The largest absolute Gasteiger partial charge is 0.340 e. The summed E-state index contributed by atoms with van der Waals surface area (Å²) in [5, 5.41) is 17.4. The normalized spacial score (nSPS) is 12.1. The van der Waals surface area contributed by atoms with Crippen LogP contribution in [-0.2, 0) is 12.0 Å². The van der Waals surface area contributed by atoms with Crippen LogP contribution < -0.4 is 5.56 Å². The van der Waals surface area contributed by atoms with Gasteiger partial charge in [-0.25, -0.2) is 4.98 Å². The molecule has 5 aromatic rings. The Hall–Kier alpha value is -4.11. The minimum Gasteiger partial charge on any atom is -0.340 e. The monoisotopic (exact) mass is 571 g/mol. The van der Waals surface area contributed by atoms with Crippen molar-refractivity contribution >= 4 is 49.6 Å². The molecule has 8 nitrogen and oxygen atoms in total. The molecule has 3 aromatic carbocycles. The molecule has 0 atom stereocenters. The Morgan fingerprint density at radius 1 is 1.05 bits per heavy atom. The van der Waals surface area contributed by atoms with Gasteiger partial charge in [-0.2, -0.15) is 9.78 Å². The summed E-state index contributed by atoms with van der Waals surface area (Å²) in [4.78, 5) is 29.3. The molecule has 0 radical (unpaired) electrons. The van der Waals surface area contributed by atoms with Crippen LogP contribution in [0.4, 0.5) is 5.69 Å². The molecular weight excluding hydrogens is 546 g/mol. The van der Waals surface area contributed by atoms with E-state index in [1.807, 2.05) is 70.2 Å². The Balaban J connectivity index is 1.66. The summed E-state index contributed by atoms with van der Waals surface area (Å²) in [6.45, 7) is 8.45. The van der Waals surface area contributed by atoms with Gasteiger partial charge in [-0.1, -0.05) is 67.0 Å². The second-order valence-corrected chi connectivity index (χ2v) is 11.2. The second kappa shape index (κ2) is 9.64. The molecular formula is C29H26BrN5O3. The van der Waals surface area contributed by atoms with E-state index in [9.17, 15) is 14.9 Å². The first-order chi connectivity index (χ1) is 18.0. The zero-order valence-electron chi connectivity index (χ0n) is 21.5. The molecule has 2 heterocycles. The predicted molar refractivity (Wildman–Crippen MR) is 154 cm³/mol. The number of non-ortho nitro benzene ring substituents is 1. The summed E-state index contributed by atoms with van der Waals surface area (Å²) in [6, 6.07) is 20.1. The van der Waals surface area contributed by atoms with Crippen molar-refractivity contribution in [3.05, 3.63) is 114 Å². The number of halogens is 1. The molecule has 38 heavy (non-hydrogen) atoms. The Morgan fingerprint density at radius 3 is 2.55 bits per heavy atom. The van der Waals surface area contributed by atoms with Crippen LogP contribution >= 0.6 is 15.9 Å². The van der Waals surface area contributed by atoms with Crippen LogP contribution in [0.25, 0.3) is 21.8 Å². The lowest BCUT2D eigenvalue weighted by Gasteiger charge is -2.20. The molecule has 0 saturated heterocycles. The fourth-order valence-corrected chi connectivity index (χ4v) is 4.99. The molecule has 0 N–H and O–H groups in total. The minimum absolute atomic E-state index is 0.0583. The fourth-order valence-electron chi connectivity index (χ4n) is 4.63. The highest BCUT2D eigenvalue weighted by molar-refractivity contribution is 9.10. The summed E-state index contributed by atoms with van der Waals surface area (Å²) in [5.41, 5.74) is 3.61. The molecule has 192 valence electrons. The number of aromatic nitrogens is 3. The molecule has 0 amide bonds. The van der Waals surface area contributed by atoms with Gasteiger partial charge in [0.15, 0.2) is 0 Å². The van der Waals surface area contributed by atoms with Crippen LogP contribution in [0, 0.1) is 17.0 Å². The van der Waals surface area contributed by atoms with Crippen LogP contribution in [0.5, 0.6) is 0 Å². The summed E-state index contributed by atoms with van der Waals surface area (Å²) < 4.78 is 4.29. The maximum Gasteiger partial charge on any atom is 0.282 e. The molecule has 0 fully saturated rings. The highest BCUT2D eigenvalue weighted by Gasteiger charge is 2.23. The van der Waals surface area contributed by atoms with Crippen molar-refractivity contribution in [1.29, 1.82) is 0 Å². The fraction of sp³-hybridized carbons (Fsp3) is 0.207. The first-order valence-corrected chi connectivity index (χ1v) is 12.9. The molecule has 0 unspecified atom stereocenters. The summed E-state index contributed by atoms with van der Waals surface area (Å²) >= 11 is 3.45. The first-order valence-electron chi connectivity index (χ1n) is 12.1. The van der Waals surface area contributed by atoms with Crippen molar-refractivity contribution in [2.24, 2.45) is 5.10 Å². The van der Waals surface area contributed by atoms with Crippen molar-refractivity contribution in [3.63, 3.8) is 0 Å². The smallest absolute Gasteiger partial charge is 0.282 e. The zero-order chi connectivity index (χ0) is 27.2. The van der Waals surface area contributed by atoms with Gasteiger partial charge in [0.25, 0.3) is 11.2 Å². The quantitative estimate of drug-likeness (QED) is 0.135. The molecule has 0 aliphatic heterocycles. The number of nitro groups is 1. The van der Waals surface area contributed by atoms with Crippen LogP contribution in [0.3, 0.4) is 0 Å². The summed E-state index contributed by atoms with van der Waals surface area (Å²) in [7, 11) is 0. The number of para-hydroxylation sites is 1. The van der Waals surface area contributed by atoms with Crippen LogP contribution in [0.15, 0.2) is 81.1 Å². The van der Waals surface area contributed by atoms with E-state index in [2.05, 4.69) is 25.6 Å². The van der Waals surface area contributed by atoms with Gasteiger partial charge in [-0.05, 0) is 36.8 Å². The standard InChI is InChI=1S/C29H26BrN5O3/c1-18-24(16-31-34-27(36)23-15-20(30)12-13-25(23)32-28(34)29(2,3)4)22-10-5-6-11-26(22)33(18)17-19-8-7-9-21(14-19)35(37)38/h5-16H,17H2,1-4H3. The highest BCUT2D eigenvalue weighted by Crippen LogP contribution is 2.27. The Kier molecular flexibility index (Phi) is 6.48. The number of rotatable bonds is 5. The lowest BCUT2D eigenvalue weighted by Crippen LogP contribution is -2.29. The molecule has 9 heteroatoms. The van der Waals surface area contributed by atoms with E-state index >= 15 is 0 Å². The van der Waals surface area contributed by atoms with Gasteiger partial charge in [0.2, 0.25) is 0 Å². The number of nitro benzene ring substituents is 1. The average molecular weight is 572 g/mol. The molecule has 0 aliphatic rings. The summed E-state index contributed by atoms with van der Waals surface area (Å²) in [6.07, 6.45) is 1.71. The van der Waals surface area contributed by atoms with E-state index in [1.165, 1.54) is 10.7 Å². The number of hydrogen-bond acceptors (Lipinski definition) is 5. The van der Waals surface area contributed by atoms with Crippen LogP contribution in [0.1, 0.15) is 43.4 Å². The lowest BCUT2D eigenvalue weighted by molar-refractivity contribution is -0.384. The number of nitrogens with zero attached hydrogens (tertiary/aromatic N) is 5. The number of fused-ring (bicyclic) bond motifs is 2. The molecule has 0 saturated carbocycles. The van der Waals surface area contributed by atoms with E-state index in [4.69, 9.17) is 4.98 Å². The van der Waals surface area contributed by atoms with E-state index in [0.29, 0.717) is 23.3 Å². The van der Waals surface area contributed by atoms with Crippen molar-refractivity contribution in [1.82, 2.24) is 14.2 Å². The van der Waals surface area contributed by atoms with Gasteiger partial charge in [0.1, 0.15) is 5.82 Å². The Bertz CT molecular complexity index is 1810. The van der Waals surface area contributed by atoms with Gasteiger partial charge >= 0.3 is 0 Å². The molecule has 2 aromatic heterocycles. The molecule has 5 rings (SSSR count). The van der Waals surface area contributed by atoms with Crippen molar-refractivity contribution in [3.8, 4) is 0 Å². The Morgan fingerprint density at radius 2 is 1.82 bits per heavy atom. The van der Waals surface area contributed by atoms with E-state index in [-0.39, 0.29) is 16.2 Å². The predicted octanol–water partition coefficient (Wildman–Crippen LogP) is 6.56. The van der Waals surface area contributed by atoms with E-state index in [0.717, 1.165) is 32.2 Å². The van der Waals surface area contributed by atoms with Gasteiger partial charge in [-0.3, -0.25) is 14.9 Å². The van der Waals surface area contributed by atoms with Crippen molar-refractivity contribution in [2.75, 3.05) is 0 Å². The van der Waals surface area contributed by atoms with Gasteiger partial charge in [0.05, 0.1) is 22.0 Å². The third-order valence-corrected chi connectivity index (χ3v) is 7.02. The van der Waals surface area contributed by atoms with Gasteiger partial charge in [-0.15, -0.1) is 0 Å². The molecule has 0 bridgehead atoms. The van der Waals surface area contributed by atoms with E-state index < -0.39 is 5.41 Å². The highest BCUT2D eigenvalue weighted by atomic mass is 79.9. The maximum atomic E-state index is 13.6. The van der Waals surface area contributed by atoms with Crippen LogP contribution in [-0.4, -0.2) is 25.4 Å². The number of hydrogen-bond donors (Lipinski definition) is 0. The first kappa shape index (κ1) is 25.5. The molecule has 0 aliphatic carbocycles. The van der Waals surface area contributed by atoms with Crippen molar-refractivity contribution in [2.45, 2.75) is 39.7 Å². The van der Waals surface area contributed by atoms with E-state index in [1.54, 1.807) is 24.4 Å². The topological polar surface area (TPSA) is 95.3 Å². The Labute approximate surface area is 227 Å². The van der Waals surface area contributed by atoms with Gasteiger partial charge < -0.3 is 4.57 Å². The summed E-state index contributed by atoms with van der Waals surface area (Å²) in [5.74, 6) is 0.562. The third kappa shape index (κ3) is 4.65. The van der Waals surface area contributed by atoms with Crippen LogP contribution in [0.2, 0.25) is 0 Å². The average Bonchev–Trinajstić information content (AvgIpc) is 3.14. The zero-order valence-corrected chi connectivity index (χ0v) is 23.1. The molecule has 0 spiro atoms. The minimum atomic E-state index is -0.428. The second-order valence-electron chi connectivity index (χ2n) is 10.2. The van der Waals surface area contributed by atoms with Crippen molar-refractivity contribution < 1.29 is 4.92 Å². The van der Waals surface area contributed by atoms with Gasteiger partial charge in [0, 0.05) is 50.7 Å². The third-order valence-electron chi connectivity index (χ3n) is 6.52.